The molecule has 80 valence electrons. The fourth-order valence-corrected chi connectivity index (χ4v) is 1.36. The smallest absolute Gasteiger partial charge is 0.217 e. The minimum atomic E-state index is 0.393. The number of rotatable bonds is 6. The van der Waals surface area contributed by atoms with Crippen molar-refractivity contribution in [3.63, 3.8) is 0 Å². The van der Waals surface area contributed by atoms with Gasteiger partial charge in [-0.2, -0.15) is 0 Å². The molecule has 4 nitrogen and oxygen atoms in total. The van der Waals surface area contributed by atoms with Crippen molar-refractivity contribution in [2.24, 2.45) is 5.92 Å². The third-order valence-electron chi connectivity index (χ3n) is 1.79. The molecule has 0 radical (unpaired) electrons. The minimum Gasteiger partial charge on any atom is -0.425 e. The van der Waals surface area contributed by atoms with Crippen molar-refractivity contribution in [2.45, 2.75) is 19.8 Å². The van der Waals surface area contributed by atoms with E-state index >= 15 is 0 Å². The third kappa shape index (κ3) is 3.64. The number of aromatic nitrogens is 2. The van der Waals surface area contributed by atoms with Crippen molar-refractivity contribution in [1.82, 2.24) is 10.2 Å². The lowest BCUT2D eigenvalue weighted by atomic mass is 10.1. The molecule has 0 N–H and O–H groups in total. The van der Waals surface area contributed by atoms with Crippen molar-refractivity contribution in [1.29, 1.82) is 0 Å². The van der Waals surface area contributed by atoms with Crippen LogP contribution in [0, 0.1) is 5.92 Å². The molecule has 1 heterocycles. The fraction of sp³-hybridized carbons (Fsp3) is 0.778. The predicted octanol–water partition coefficient (Wildman–Crippen LogP) is 1.68. The fourth-order valence-electron chi connectivity index (χ4n) is 1.19. The van der Waals surface area contributed by atoms with Gasteiger partial charge >= 0.3 is 0 Å². The molecule has 1 rings (SSSR count). The van der Waals surface area contributed by atoms with Crippen LogP contribution in [0.4, 0.5) is 0 Å². The van der Waals surface area contributed by atoms with Gasteiger partial charge in [-0.3, -0.25) is 0 Å². The molecule has 0 aliphatic carbocycles. The van der Waals surface area contributed by atoms with E-state index in [1.54, 1.807) is 7.11 Å². The molecule has 0 fully saturated rings. The second-order valence-electron chi connectivity index (χ2n) is 3.29. The molecular weight excluding hydrogens is 204 g/mol. The Bertz CT molecular complexity index is 265. The maximum absolute atomic E-state index is 5.55. The zero-order valence-corrected chi connectivity index (χ0v) is 9.25. The molecule has 0 spiro atoms. The Morgan fingerprint density at radius 3 is 2.79 bits per heavy atom. The van der Waals surface area contributed by atoms with E-state index in [4.69, 9.17) is 20.8 Å². The maximum atomic E-state index is 5.55. The van der Waals surface area contributed by atoms with E-state index in [9.17, 15) is 0 Å². The molecule has 0 bridgehead atoms. The van der Waals surface area contributed by atoms with Crippen LogP contribution >= 0.6 is 11.6 Å². The van der Waals surface area contributed by atoms with Crippen LogP contribution in [0.2, 0.25) is 0 Å². The van der Waals surface area contributed by atoms with Crippen molar-refractivity contribution in [2.75, 3.05) is 19.6 Å². The molecule has 0 saturated heterocycles. The monoisotopic (exact) mass is 218 g/mol. The summed E-state index contributed by atoms with van der Waals surface area (Å²) in [6, 6.07) is 0. The van der Waals surface area contributed by atoms with Crippen LogP contribution in [0.3, 0.4) is 0 Å². The summed E-state index contributed by atoms with van der Waals surface area (Å²) in [6.07, 6.45) is 1.39. The Kier molecular flexibility index (Phi) is 4.90. The largest absolute Gasteiger partial charge is 0.425 e. The summed E-state index contributed by atoms with van der Waals surface area (Å²) in [7, 11) is 1.68. The molecule has 0 aromatic carbocycles. The zero-order valence-electron chi connectivity index (χ0n) is 8.49. The first-order valence-electron chi connectivity index (χ1n) is 4.62. The van der Waals surface area contributed by atoms with Gasteiger partial charge < -0.3 is 9.15 Å². The minimum absolute atomic E-state index is 0.393. The molecule has 0 aliphatic rings. The first-order valence-corrected chi connectivity index (χ1v) is 5.16. The summed E-state index contributed by atoms with van der Waals surface area (Å²) < 4.78 is 10.4. The van der Waals surface area contributed by atoms with E-state index in [2.05, 4.69) is 17.1 Å². The van der Waals surface area contributed by atoms with E-state index in [-0.39, 0.29) is 0 Å². The number of hydrogen-bond donors (Lipinski definition) is 0. The highest BCUT2D eigenvalue weighted by molar-refractivity contribution is 6.17. The average Bonchev–Trinajstić information content (AvgIpc) is 2.53. The lowest BCUT2D eigenvalue weighted by Gasteiger charge is -2.05. The quantitative estimate of drug-likeness (QED) is 0.682. The SMILES string of the molecule is COCC(C)Cc1nnc(CCCl)o1. The summed E-state index contributed by atoms with van der Waals surface area (Å²) in [5.41, 5.74) is 0. The molecular formula is C9H15ClN2O2. The second kappa shape index (κ2) is 5.98. The van der Waals surface area contributed by atoms with Crippen LogP contribution in [-0.4, -0.2) is 29.8 Å². The topological polar surface area (TPSA) is 48.2 Å². The highest BCUT2D eigenvalue weighted by Crippen LogP contribution is 2.08. The van der Waals surface area contributed by atoms with Gasteiger partial charge in [0.05, 0.1) is 0 Å². The van der Waals surface area contributed by atoms with Crippen LogP contribution in [-0.2, 0) is 17.6 Å². The van der Waals surface area contributed by atoms with E-state index in [0.29, 0.717) is 36.6 Å². The molecule has 1 atom stereocenters. The number of alkyl halides is 1. The lowest BCUT2D eigenvalue weighted by Crippen LogP contribution is -2.07. The highest BCUT2D eigenvalue weighted by atomic mass is 35.5. The normalized spacial score (nSPS) is 13.1. The molecule has 1 aromatic heterocycles. The molecule has 14 heavy (non-hydrogen) atoms. The van der Waals surface area contributed by atoms with Crippen LogP contribution in [0.1, 0.15) is 18.7 Å². The van der Waals surface area contributed by atoms with Gasteiger partial charge in [-0.1, -0.05) is 6.92 Å². The molecule has 1 aromatic rings. The molecule has 1 unspecified atom stereocenters. The van der Waals surface area contributed by atoms with E-state index < -0.39 is 0 Å². The van der Waals surface area contributed by atoms with E-state index in [1.165, 1.54) is 0 Å². The first kappa shape index (κ1) is 11.5. The second-order valence-corrected chi connectivity index (χ2v) is 3.67. The number of hydrogen-bond acceptors (Lipinski definition) is 4. The summed E-state index contributed by atoms with van der Waals surface area (Å²) in [6.45, 7) is 2.78. The van der Waals surface area contributed by atoms with Crippen molar-refractivity contribution in [3.8, 4) is 0 Å². The standard InChI is InChI=1S/C9H15ClN2O2/c1-7(6-13-2)5-9-12-11-8(14-9)3-4-10/h7H,3-6H2,1-2H3. The Morgan fingerprint density at radius 2 is 2.14 bits per heavy atom. The van der Waals surface area contributed by atoms with Gasteiger partial charge in [0.2, 0.25) is 11.8 Å². The molecule has 0 amide bonds. The van der Waals surface area contributed by atoms with Crippen molar-refractivity contribution < 1.29 is 9.15 Å². The number of ether oxygens (including phenoxy) is 1. The number of halogens is 1. The number of methoxy groups -OCH3 is 1. The van der Waals surface area contributed by atoms with Crippen LogP contribution in [0.15, 0.2) is 4.42 Å². The number of nitrogens with zero attached hydrogens (tertiary/aromatic N) is 2. The van der Waals surface area contributed by atoms with Crippen LogP contribution in [0.25, 0.3) is 0 Å². The Morgan fingerprint density at radius 1 is 1.43 bits per heavy atom. The molecule has 5 heteroatoms. The van der Waals surface area contributed by atoms with E-state index in [0.717, 1.165) is 6.42 Å². The van der Waals surface area contributed by atoms with Gasteiger partial charge in [0.25, 0.3) is 0 Å². The predicted molar refractivity (Wildman–Crippen MR) is 53.5 cm³/mol. The number of aryl methyl sites for hydroxylation is 1. The van der Waals surface area contributed by atoms with Gasteiger partial charge in [-0.05, 0) is 5.92 Å². The zero-order chi connectivity index (χ0) is 10.4. The van der Waals surface area contributed by atoms with Crippen LogP contribution < -0.4 is 0 Å². The molecule has 0 aliphatic heterocycles. The summed E-state index contributed by atoms with van der Waals surface area (Å²) in [4.78, 5) is 0. The van der Waals surface area contributed by atoms with Crippen molar-refractivity contribution in [3.05, 3.63) is 11.8 Å². The Balaban J connectivity index is 2.42. The Hall–Kier alpha value is -0.610. The van der Waals surface area contributed by atoms with E-state index in [1.807, 2.05) is 0 Å². The van der Waals surface area contributed by atoms with Crippen LogP contribution in [0.5, 0.6) is 0 Å². The van der Waals surface area contributed by atoms with Gasteiger partial charge in [-0.15, -0.1) is 21.8 Å². The Labute approximate surface area is 88.6 Å². The molecule has 0 saturated carbocycles. The van der Waals surface area contributed by atoms with Gasteiger partial charge in [0, 0.05) is 32.4 Å². The summed E-state index contributed by atoms with van der Waals surface area (Å²) >= 11 is 5.55. The average molecular weight is 219 g/mol. The summed E-state index contributed by atoms with van der Waals surface area (Å²) in [5, 5.41) is 7.80. The maximum Gasteiger partial charge on any atom is 0.217 e. The van der Waals surface area contributed by atoms with Gasteiger partial charge in [0.15, 0.2) is 0 Å². The first-order chi connectivity index (χ1) is 6.76. The highest BCUT2D eigenvalue weighted by Gasteiger charge is 2.09. The van der Waals surface area contributed by atoms with Crippen molar-refractivity contribution >= 4 is 11.6 Å². The van der Waals surface area contributed by atoms with Gasteiger partial charge in [-0.25, -0.2) is 0 Å². The third-order valence-corrected chi connectivity index (χ3v) is 1.98. The summed E-state index contributed by atoms with van der Waals surface area (Å²) in [5.74, 6) is 2.17. The lowest BCUT2D eigenvalue weighted by molar-refractivity contribution is 0.156. The van der Waals surface area contributed by atoms with Gasteiger partial charge in [0.1, 0.15) is 0 Å².